The fourth-order valence-corrected chi connectivity index (χ4v) is 7.65. The SMILES string of the molecule is Cc1cc(-c2c3ccccc3c(-c3ccc4ccccc4c3)c3ccccc23)c(C)cc1-c1cc(-c2cccnc2)cc(-c2cccnc2)c1. The fourth-order valence-electron chi connectivity index (χ4n) is 7.65. The molecule has 2 heterocycles. The molecule has 0 aliphatic rings. The molecule has 0 saturated heterocycles. The van der Waals surface area contributed by atoms with Crippen molar-refractivity contribution in [2.75, 3.05) is 0 Å². The number of benzene rings is 7. The average molecular weight is 639 g/mol. The highest BCUT2D eigenvalue weighted by molar-refractivity contribution is 6.22. The van der Waals surface area contributed by atoms with E-state index in [1.807, 2.05) is 36.9 Å². The smallest absolute Gasteiger partial charge is 0.0346 e. The van der Waals surface area contributed by atoms with Gasteiger partial charge in [-0.05, 0) is 138 Å². The maximum atomic E-state index is 4.42. The van der Waals surface area contributed by atoms with Gasteiger partial charge < -0.3 is 0 Å². The molecule has 0 N–H and O–H groups in total. The van der Waals surface area contributed by atoms with Crippen LogP contribution in [-0.4, -0.2) is 9.97 Å². The van der Waals surface area contributed by atoms with Gasteiger partial charge in [-0.2, -0.15) is 0 Å². The van der Waals surface area contributed by atoms with Gasteiger partial charge in [0.05, 0.1) is 0 Å². The first-order chi connectivity index (χ1) is 24.6. The second-order valence-electron chi connectivity index (χ2n) is 13.2. The lowest BCUT2D eigenvalue weighted by Gasteiger charge is -2.20. The average Bonchev–Trinajstić information content (AvgIpc) is 3.18. The van der Waals surface area contributed by atoms with Gasteiger partial charge in [0, 0.05) is 35.9 Å². The standard InChI is InChI=1S/C48H34N2/c1-31-24-46(32(2)23-45(31)40-27-38(36-13-9-21-49-29-36)26-39(28-40)37-14-10-22-50-30-37)48-43-17-7-5-15-41(43)47(42-16-6-8-18-44(42)48)35-20-19-33-11-3-4-12-34(33)25-35/h3-30H,1-2H3. The van der Waals surface area contributed by atoms with Crippen LogP contribution < -0.4 is 0 Å². The third-order valence-corrected chi connectivity index (χ3v) is 10.0. The highest BCUT2D eigenvalue weighted by atomic mass is 14.6. The van der Waals surface area contributed by atoms with Crippen molar-refractivity contribution in [3.8, 4) is 55.6 Å². The van der Waals surface area contributed by atoms with E-state index in [9.17, 15) is 0 Å². The molecule has 0 unspecified atom stereocenters. The van der Waals surface area contributed by atoms with Crippen molar-refractivity contribution in [1.29, 1.82) is 0 Å². The molecule has 0 atom stereocenters. The quantitative estimate of drug-likeness (QED) is 0.175. The molecule has 9 aromatic rings. The lowest BCUT2D eigenvalue weighted by atomic mass is 9.83. The Morgan fingerprint density at radius 1 is 0.340 bits per heavy atom. The summed E-state index contributed by atoms with van der Waals surface area (Å²) in [7, 11) is 0. The second kappa shape index (κ2) is 12.3. The van der Waals surface area contributed by atoms with E-state index in [2.05, 4.69) is 157 Å². The largest absolute Gasteiger partial charge is 0.264 e. The lowest BCUT2D eigenvalue weighted by Crippen LogP contribution is -1.95. The van der Waals surface area contributed by atoms with E-state index in [0.717, 1.165) is 22.3 Å². The van der Waals surface area contributed by atoms with Crippen LogP contribution in [0, 0.1) is 13.8 Å². The Balaban J connectivity index is 1.26. The Kier molecular flexibility index (Phi) is 7.29. The van der Waals surface area contributed by atoms with Crippen LogP contribution in [0.4, 0.5) is 0 Å². The Labute approximate surface area is 292 Å². The zero-order valence-corrected chi connectivity index (χ0v) is 28.1. The number of aromatic nitrogens is 2. The summed E-state index contributed by atoms with van der Waals surface area (Å²) in [5.74, 6) is 0. The van der Waals surface area contributed by atoms with Crippen molar-refractivity contribution < 1.29 is 0 Å². The van der Waals surface area contributed by atoms with E-state index in [0.29, 0.717) is 0 Å². The molecule has 0 saturated carbocycles. The van der Waals surface area contributed by atoms with Gasteiger partial charge in [-0.25, -0.2) is 0 Å². The molecule has 0 fully saturated rings. The predicted molar refractivity (Wildman–Crippen MR) is 211 cm³/mol. The monoisotopic (exact) mass is 638 g/mol. The van der Waals surface area contributed by atoms with Crippen LogP contribution in [0.5, 0.6) is 0 Å². The number of fused-ring (bicyclic) bond motifs is 3. The van der Waals surface area contributed by atoms with E-state index in [1.165, 1.54) is 76.8 Å². The zero-order chi connectivity index (χ0) is 33.6. The minimum Gasteiger partial charge on any atom is -0.264 e. The third kappa shape index (κ3) is 5.14. The zero-order valence-electron chi connectivity index (χ0n) is 28.1. The molecule has 7 aromatic carbocycles. The summed E-state index contributed by atoms with van der Waals surface area (Å²) in [4.78, 5) is 8.84. The molecule has 2 nitrogen and oxygen atoms in total. The van der Waals surface area contributed by atoms with Crippen LogP contribution in [0.3, 0.4) is 0 Å². The maximum Gasteiger partial charge on any atom is 0.0346 e. The highest BCUT2D eigenvalue weighted by Crippen LogP contribution is 2.46. The molecule has 2 aromatic heterocycles. The van der Waals surface area contributed by atoms with Crippen LogP contribution in [0.25, 0.3) is 88.0 Å². The first-order valence-corrected chi connectivity index (χ1v) is 17.1. The molecule has 0 bridgehead atoms. The first kappa shape index (κ1) is 29.7. The van der Waals surface area contributed by atoms with Crippen molar-refractivity contribution in [3.05, 3.63) is 182 Å². The summed E-state index contributed by atoms with van der Waals surface area (Å²) >= 11 is 0. The van der Waals surface area contributed by atoms with Crippen molar-refractivity contribution >= 4 is 32.3 Å². The number of rotatable bonds is 5. The Morgan fingerprint density at radius 2 is 0.840 bits per heavy atom. The van der Waals surface area contributed by atoms with Crippen LogP contribution >= 0.6 is 0 Å². The number of nitrogens with zero attached hydrogens (tertiary/aromatic N) is 2. The van der Waals surface area contributed by atoms with Gasteiger partial charge in [0.25, 0.3) is 0 Å². The number of pyridine rings is 2. The minimum atomic E-state index is 1.09. The van der Waals surface area contributed by atoms with Crippen molar-refractivity contribution in [3.63, 3.8) is 0 Å². The van der Waals surface area contributed by atoms with Gasteiger partial charge in [0.2, 0.25) is 0 Å². The van der Waals surface area contributed by atoms with E-state index in [1.54, 1.807) is 0 Å². The van der Waals surface area contributed by atoms with Gasteiger partial charge in [0.1, 0.15) is 0 Å². The summed E-state index contributed by atoms with van der Waals surface area (Å²) in [6, 6.07) is 53.2. The van der Waals surface area contributed by atoms with Crippen molar-refractivity contribution in [2.24, 2.45) is 0 Å². The van der Waals surface area contributed by atoms with E-state index in [4.69, 9.17) is 0 Å². The van der Waals surface area contributed by atoms with Crippen molar-refractivity contribution in [1.82, 2.24) is 9.97 Å². The summed E-state index contributed by atoms with van der Waals surface area (Å²) in [6.07, 6.45) is 7.52. The molecule has 2 heteroatoms. The predicted octanol–water partition coefficient (Wildman–Crippen LogP) is 12.9. The van der Waals surface area contributed by atoms with Crippen LogP contribution in [-0.2, 0) is 0 Å². The second-order valence-corrected chi connectivity index (χ2v) is 13.2. The van der Waals surface area contributed by atoms with Gasteiger partial charge in [-0.3, -0.25) is 9.97 Å². The molecule has 0 spiro atoms. The third-order valence-electron chi connectivity index (χ3n) is 10.0. The lowest BCUT2D eigenvalue weighted by molar-refractivity contribution is 1.32. The topological polar surface area (TPSA) is 25.8 Å². The molecule has 0 radical (unpaired) electrons. The molecule has 50 heavy (non-hydrogen) atoms. The summed E-state index contributed by atoms with van der Waals surface area (Å²) in [6.45, 7) is 4.50. The molecule has 0 amide bonds. The van der Waals surface area contributed by atoms with Gasteiger partial charge in [-0.1, -0.05) is 109 Å². The summed E-state index contributed by atoms with van der Waals surface area (Å²) in [5.41, 5.74) is 14.4. The molecular weight excluding hydrogens is 605 g/mol. The van der Waals surface area contributed by atoms with Crippen LogP contribution in [0.2, 0.25) is 0 Å². The Bertz CT molecular complexity index is 2600. The molecule has 0 aliphatic carbocycles. The minimum absolute atomic E-state index is 1.09. The number of aryl methyl sites for hydroxylation is 2. The number of hydrogen-bond donors (Lipinski definition) is 0. The molecule has 0 aliphatic heterocycles. The Morgan fingerprint density at radius 3 is 1.42 bits per heavy atom. The van der Waals surface area contributed by atoms with E-state index >= 15 is 0 Å². The van der Waals surface area contributed by atoms with Gasteiger partial charge >= 0.3 is 0 Å². The fraction of sp³-hybridized carbons (Fsp3) is 0.0417. The molecule has 236 valence electrons. The number of hydrogen-bond acceptors (Lipinski definition) is 2. The van der Waals surface area contributed by atoms with Crippen LogP contribution in [0.1, 0.15) is 11.1 Å². The summed E-state index contributed by atoms with van der Waals surface area (Å²) < 4.78 is 0. The van der Waals surface area contributed by atoms with E-state index < -0.39 is 0 Å². The van der Waals surface area contributed by atoms with E-state index in [-0.39, 0.29) is 0 Å². The molecule has 9 rings (SSSR count). The van der Waals surface area contributed by atoms with Crippen molar-refractivity contribution in [2.45, 2.75) is 13.8 Å². The normalized spacial score (nSPS) is 11.4. The van der Waals surface area contributed by atoms with Gasteiger partial charge in [0.15, 0.2) is 0 Å². The van der Waals surface area contributed by atoms with Gasteiger partial charge in [-0.15, -0.1) is 0 Å². The molecular formula is C48H34N2. The highest BCUT2D eigenvalue weighted by Gasteiger charge is 2.19. The summed E-state index contributed by atoms with van der Waals surface area (Å²) in [5, 5.41) is 7.57. The Hall–Kier alpha value is -6.38. The first-order valence-electron chi connectivity index (χ1n) is 17.1. The van der Waals surface area contributed by atoms with Crippen LogP contribution in [0.15, 0.2) is 170 Å². The maximum absolute atomic E-state index is 4.42.